The van der Waals surface area contributed by atoms with Crippen molar-refractivity contribution in [1.82, 2.24) is 10.2 Å². The summed E-state index contributed by atoms with van der Waals surface area (Å²) < 4.78 is 0. The predicted octanol–water partition coefficient (Wildman–Crippen LogP) is 0.824. The average molecular weight is 211 g/mol. The SMILES string of the molecule is O=C(O)CC1(c2cc([N+](=O)[O-])[nH]n2)CC1. The van der Waals surface area contributed by atoms with Gasteiger partial charge in [-0.15, -0.1) is 5.10 Å². The van der Waals surface area contributed by atoms with E-state index in [4.69, 9.17) is 5.11 Å². The molecule has 0 unspecified atom stereocenters. The van der Waals surface area contributed by atoms with Gasteiger partial charge in [0.05, 0.1) is 18.2 Å². The van der Waals surface area contributed by atoms with E-state index in [9.17, 15) is 14.9 Å². The van der Waals surface area contributed by atoms with Crippen LogP contribution in [-0.2, 0) is 10.2 Å². The number of hydrogen-bond donors (Lipinski definition) is 2. The van der Waals surface area contributed by atoms with Gasteiger partial charge < -0.3 is 15.2 Å². The zero-order valence-electron chi connectivity index (χ0n) is 7.77. The minimum absolute atomic E-state index is 0.0188. The number of nitrogens with one attached hydrogen (secondary N) is 1. The van der Waals surface area contributed by atoms with Crippen molar-refractivity contribution >= 4 is 11.8 Å². The first-order valence-electron chi connectivity index (χ1n) is 4.46. The van der Waals surface area contributed by atoms with Crippen molar-refractivity contribution in [2.24, 2.45) is 0 Å². The maximum atomic E-state index is 10.6. The molecule has 80 valence electrons. The molecule has 0 amide bonds. The number of carboxylic acids is 1. The molecule has 2 rings (SSSR count). The number of aliphatic carboxylic acids is 1. The number of nitrogens with zero attached hydrogens (tertiary/aromatic N) is 2. The van der Waals surface area contributed by atoms with Crippen LogP contribution in [0.1, 0.15) is 25.0 Å². The van der Waals surface area contributed by atoms with Gasteiger partial charge in [-0.1, -0.05) is 5.10 Å². The summed E-state index contributed by atoms with van der Waals surface area (Å²) in [6.45, 7) is 0. The van der Waals surface area contributed by atoms with Crippen molar-refractivity contribution in [3.05, 3.63) is 21.9 Å². The van der Waals surface area contributed by atoms with E-state index in [1.54, 1.807) is 0 Å². The Labute approximate surface area is 84.3 Å². The summed E-state index contributed by atoms with van der Waals surface area (Å²) >= 11 is 0. The van der Waals surface area contributed by atoms with Crippen LogP contribution >= 0.6 is 0 Å². The number of H-pyrrole nitrogens is 1. The van der Waals surface area contributed by atoms with Crippen LogP contribution in [0.4, 0.5) is 5.82 Å². The molecular weight excluding hydrogens is 202 g/mol. The van der Waals surface area contributed by atoms with Crippen molar-refractivity contribution in [2.75, 3.05) is 0 Å². The molecule has 15 heavy (non-hydrogen) atoms. The van der Waals surface area contributed by atoms with E-state index in [1.165, 1.54) is 6.07 Å². The first-order chi connectivity index (χ1) is 7.03. The fourth-order valence-corrected chi connectivity index (χ4v) is 1.64. The minimum Gasteiger partial charge on any atom is -0.481 e. The third-order valence-corrected chi connectivity index (χ3v) is 2.65. The summed E-state index contributed by atoms with van der Waals surface area (Å²) in [5.74, 6) is -1.10. The van der Waals surface area contributed by atoms with Gasteiger partial charge in [0.25, 0.3) is 0 Å². The summed E-state index contributed by atoms with van der Waals surface area (Å²) in [7, 11) is 0. The number of hydrogen-bond acceptors (Lipinski definition) is 4. The second kappa shape index (κ2) is 3.04. The Morgan fingerprint density at radius 2 is 2.40 bits per heavy atom. The number of carboxylic acid groups (broad SMARTS) is 1. The first-order valence-corrected chi connectivity index (χ1v) is 4.46. The van der Waals surface area contributed by atoms with Gasteiger partial charge in [0, 0.05) is 5.41 Å². The molecule has 1 aliphatic carbocycles. The molecule has 7 nitrogen and oxygen atoms in total. The Morgan fingerprint density at radius 1 is 1.73 bits per heavy atom. The average Bonchev–Trinajstić information content (AvgIpc) is 2.75. The van der Waals surface area contributed by atoms with Gasteiger partial charge in [-0.2, -0.15) is 0 Å². The van der Waals surface area contributed by atoms with E-state index < -0.39 is 16.3 Å². The number of nitro groups is 1. The molecule has 1 aromatic rings. The second-order valence-electron chi connectivity index (χ2n) is 3.75. The minimum atomic E-state index is -0.904. The number of carbonyl (C=O) groups is 1. The molecular formula is C8H9N3O4. The summed E-state index contributed by atoms with van der Waals surface area (Å²) in [6.07, 6.45) is 1.43. The van der Waals surface area contributed by atoms with E-state index >= 15 is 0 Å². The molecule has 1 heterocycles. The van der Waals surface area contributed by atoms with Crippen LogP contribution in [0.2, 0.25) is 0 Å². The standard InChI is InChI=1S/C8H9N3O4/c12-7(13)4-8(1-2-8)5-3-6(10-9-5)11(14)15/h3H,1-2,4H2,(H,9,10)(H,12,13). The molecule has 0 atom stereocenters. The fourth-order valence-electron chi connectivity index (χ4n) is 1.64. The van der Waals surface area contributed by atoms with Crippen LogP contribution in [0.5, 0.6) is 0 Å². The topological polar surface area (TPSA) is 109 Å². The van der Waals surface area contributed by atoms with Gasteiger partial charge in [0.1, 0.15) is 0 Å². The monoisotopic (exact) mass is 211 g/mol. The Bertz CT molecular complexity index is 421. The van der Waals surface area contributed by atoms with Crippen molar-refractivity contribution in [3.63, 3.8) is 0 Å². The molecule has 0 radical (unpaired) electrons. The Balaban J connectivity index is 2.22. The molecule has 0 spiro atoms. The van der Waals surface area contributed by atoms with E-state index in [0.29, 0.717) is 5.69 Å². The van der Waals surface area contributed by atoms with E-state index in [-0.39, 0.29) is 12.2 Å². The zero-order chi connectivity index (χ0) is 11.1. The third kappa shape index (κ3) is 1.67. The lowest BCUT2D eigenvalue weighted by molar-refractivity contribution is -0.389. The molecule has 1 fully saturated rings. The van der Waals surface area contributed by atoms with Crippen LogP contribution < -0.4 is 0 Å². The quantitative estimate of drug-likeness (QED) is 0.566. The zero-order valence-corrected chi connectivity index (χ0v) is 7.77. The highest BCUT2D eigenvalue weighted by atomic mass is 16.6. The van der Waals surface area contributed by atoms with Crippen molar-refractivity contribution < 1.29 is 14.8 Å². The van der Waals surface area contributed by atoms with Crippen LogP contribution in [0.3, 0.4) is 0 Å². The van der Waals surface area contributed by atoms with E-state index in [0.717, 1.165) is 12.8 Å². The highest BCUT2D eigenvalue weighted by Crippen LogP contribution is 2.50. The van der Waals surface area contributed by atoms with Crippen LogP contribution in [0.15, 0.2) is 6.07 Å². The summed E-state index contributed by atoms with van der Waals surface area (Å²) in [5, 5.41) is 25.2. The molecule has 0 aliphatic heterocycles. The maximum Gasteiger partial charge on any atom is 0.342 e. The smallest absolute Gasteiger partial charge is 0.342 e. The van der Waals surface area contributed by atoms with E-state index in [1.807, 2.05) is 0 Å². The second-order valence-corrected chi connectivity index (χ2v) is 3.75. The van der Waals surface area contributed by atoms with Crippen molar-refractivity contribution in [1.29, 1.82) is 0 Å². The Morgan fingerprint density at radius 3 is 2.80 bits per heavy atom. The fraction of sp³-hybridized carbons (Fsp3) is 0.500. The summed E-state index contributed by atoms with van der Waals surface area (Å²) in [6, 6.07) is 1.32. The van der Waals surface area contributed by atoms with Gasteiger partial charge >= 0.3 is 11.8 Å². The van der Waals surface area contributed by atoms with Gasteiger partial charge in [-0.25, -0.2) is 0 Å². The largest absolute Gasteiger partial charge is 0.481 e. The lowest BCUT2D eigenvalue weighted by Crippen LogP contribution is -2.13. The molecule has 0 saturated heterocycles. The van der Waals surface area contributed by atoms with Crippen LogP contribution in [-0.4, -0.2) is 26.2 Å². The maximum absolute atomic E-state index is 10.6. The molecule has 7 heteroatoms. The van der Waals surface area contributed by atoms with Gasteiger partial charge in [-0.05, 0) is 17.8 Å². The van der Waals surface area contributed by atoms with Gasteiger partial charge in [0.2, 0.25) is 0 Å². The molecule has 1 aliphatic rings. The van der Waals surface area contributed by atoms with Crippen molar-refractivity contribution in [2.45, 2.75) is 24.7 Å². The predicted molar refractivity (Wildman–Crippen MR) is 48.4 cm³/mol. The van der Waals surface area contributed by atoms with Gasteiger partial charge in [-0.3, -0.25) is 4.79 Å². The van der Waals surface area contributed by atoms with Crippen LogP contribution in [0.25, 0.3) is 0 Å². The molecule has 2 N–H and O–H groups in total. The highest BCUT2D eigenvalue weighted by molar-refractivity contribution is 5.69. The number of aromatic nitrogens is 2. The lowest BCUT2D eigenvalue weighted by Gasteiger charge is -2.05. The Hall–Kier alpha value is -1.92. The normalized spacial score (nSPS) is 17.3. The highest BCUT2D eigenvalue weighted by Gasteiger charge is 2.49. The molecule has 0 aromatic carbocycles. The summed E-state index contributed by atoms with van der Waals surface area (Å²) in [5.41, 5.74) is 0.00736. The number of aromatic amines is 1. The Kier molecular flexibility index (Phi) is 1.95. The molecule has 1 aromatic heterocycles. The number of rotatable bonds is 4. The summed E-state index contributed by atoms with van der Waals surface area (Å²) in [4.78, 5) is 20.4. The molecule has 0 bridgehead atoms. The first kappa shape index (κ1) is 9.63. The third-order valence-electron chi connectivity index (χ3n) is 2.65. The lowest BCUT2D eigenvalue weighted by atomic mass is 9.98. The van der Waals surface area contributed by atoms with Crippen molar-refractivity contribution in [3.8, 4) is 0 Å². The van der Waals surface area contributed by atoms with E-state index in [2.05, 4.69) is 10.2 Å². The molecule has 1 saturated carbocycles. The van der Waals surface area contributed by atoms with Crippen LogP contribution in [0, 0.1) is 10.1 Å². The van der Waals surface area contributed by atoms with Gasteiger partial charge in [0.15, 0.2) is 0 Å².